The van der Waals surface area contributed by atoms with E-state index in [1.807, 2.05) is 32.9 Å². The fourth-order valence-electron chi connectivity index (χ4n) is 9.00. The molecule has 0 atom stereocenters. The van der Waals surface area contributed by atoms with Crippen molar-refractivity contribution in [3.8, 4) is 0 Å². The summed E-state index contributed by atoms with van der Waals surface area (Å²) in [5.41, 5.74) is -13.1. The fraction of sp³-hybridized carbons (Fsp3) is 0.0926. The Morgan fingerprint density at radius 2 is 0.564 bits per heavy atom. The molecule has 8 aromatic rings. The SMILES string of the molecule is CC(C)(C)OC(=O)c1ccc(C[P+](c2ccccc2)(c2ccccc2)c2ccccc2)cc1.Fc1c(F)c(F)c([B-](c2c(F)c(F)c(F)c(F)c2F)(c2c(F)c(F)c(F)c(F)c2F)c2c(F)c(F)c(F)c(F)c2F)c(F)c1F. The Hall–Kier alpha value is -7.68. The first-order valence-corrected chi connectivity index (χ1v) is 24.2. The van der Waals surface area contributed by atoms with E-state index in [1.54, 1.807) is 0 Å². The highest BCUT2D eigenvalue weighted by Crippen LogP contribution is 2.58. The van der Waals surface area contributed by atoms with Crippen LogP contribution in [0.3, 0.4) is 0 Å². The summed E-state index contributed by atoms with van der Waals surface area (Å²) in [6.45, 7) is 5.66. The monoisotopic (exact) mass is 1130 g/mol. The number of esters is 1. The molecular formula is C54H30BF20O2P. The van der Waals surface area contributed by atoms with E-state index in [1.165, 1.54) is 21.5 Å². The second-order valence-corrected chi connectivity index (χ2v) is 21.5. The minimum absolute atomic E-state index is 0.288. The molecule has 0 bridgehead atoms. The smallest absolute Gasteiger partial charge is 0.338 e. The van der Waals surface area contributed by atoms with Gasteiger partial charge in [-0.05, 0) is 74.9 Å². The minimum atomic E-state index is -7.22. The highest BCUT2D eigenvalue weighted by molar-refractivity contribution is 7.95. The first kappa shape index (κ1) is 58.0. The van der Waals surface area contributed by atoms with E-state index in [0.717, 1.165) is 6.16 Å². The molecule has 0 aliphatic carbocycles. The largest absolute Gasteiger partial charge is 0.456 e. The van der Waals surface area contributed by atoms with Gasteiger partial charge in [0.15, 0.2) is 69.8 Å². The molecular weight excluding hydrogens is 1100 g/mol. The minimum Gasteiger partial charge on any atom is -0.456 e. The number of hydrogen-bond acceptors (Lipinski definition) is 2. The molecule has 0 fully saturated rings. The third-order valence-corrected chi connectivity index (χ3v) is 16.7. The zero-order valence-corrected chi connectivity index (χ0v) is 40.5. The quantitative estimate of drug-likeness (QED) is 0.0341. The number of rotatable bonds is 10. The van der Waals surface area contributed by atoms with Crippen LogP contribution in [0.1, 0.15) is 36.7 Å². The van der Waals surface area contributed by atoms with Crippen LogP contribution in [0.4, 0.5) is 87.8 Å². The van der Waals surface area contributed by atoms with Crippen molar-refractivity contribution >= 4 is 57.1 Å². The first-order chi connectivity index (χ1) is 36.6. The molecule has 0 aliphatic heterocycles. The van der Waals surface area contributed by atoms with Gasteiger partial charge in [-0.25, -0.2) is 92.6 Å². The van der Waals surface area contributed by atoms with Gasteiger partial charge in [0, 0.05) is 0 Å². The highest BCUT2D eigenvalue weighted by Gasteiger charge is 2.53. The number of hydrogen-bond donors (Lipinski definition) is 0. The van der Waals surface area contributed by atoms with Gasteiger partial charge in [-0.1, -0.05) is 66.7 Å². The Morgan fingerprint density at radius 1 is 0.346 bits per heavy atom. The zero-order chi connectivity index (χ0) is 57.7. The van der Waals surface area contributed by atoms with Crippen LogP contribution < -0.4 is 37.8 Å². The van der Waals surface area contributed by atoms with Crippen LogP contribution in [0.15, 0.2) is 115 Å². The number of carbonyl (C=O) groups is 1. The van der Waals surface area contributed by atoms with Crippen LogP contribution in [-0.2, 0) is 10.9 Å². The Labute approximate surface area is 428 Å². The van der Waals surface area contributed by atoms with Crippen LogP contribution >= 0.6 is 7.26 Å². The number of ether oxygens (including phenoxy) is 1. The lowest BCUT2D eigenvalue weighted by molar-refractivity contribution is 0.00693. The van der Waals surface area contributed by atoms with Crippen molar-refractivity contribution in [2.45, 2.75) is 32.5 Å². The van der Waals surface area contributed by atoms with Crippen LogP contribution in [0, 0.1) is 116 Å². The topological polar surface area (TPSA) is 26.3 Å². The summed E-state index contributed by atoms with van der Waals surface area (Å²) in [6, 6.07) is 40.4. The molecule has 0 heterocycles. The van der Waals surface area contributed by atoms with E-state index in [4.69, 9.17) is 4.74 Å². The van der Waals surface area contributed by atoms with E-state index < -0.39 is 157 Å². The summed E-state index contributed by atoms with van der Waals surface area (Å²) >= 11 is 0. The van der Waals surface area contributed by atoms with Gasteiger partial charge >= 0.3 is 5.97 Å². The predicted octanol–water partition coefficient (Wildman–Crippen LogP) is 12.0. The molecule has 78 heavy (non-hydrogen) atoms. The molecule has 8 rings (SSSR count). The normalized spacial score (nSPS) is 11.9. The summed E-state index contributed by atoms with van der Waals surface area (Å²) in [6.07, 6.45) is -6.34. The van der Waals surface area contributed by atoms with Gasteiger partial charge in [-0.2, -0.15) is 0 Å². The number of halogens is 20. The molecule has 406 valence electrons. The van der Waals surface area contributed by atoms with Gasteiger partial charge in [0.05, 0.1) is 11.7 Å². The van der Waals surface area contributed by atoms with Gasteiger partial charge in [0.1, 0.15) is 81.5 Å². The second-order valence-electron chi connectivity index (χ2n) is 18.0. The Bertz CT molecular complexity index is 3140. The molecule has 0 aliphatic rings. The lowest BCUT2D eigenvalue weighted by Gasteiger charge is -2.44. The fourth-order valence-corrected chi connectivity index (χ4v) is 13.2. The van der Waals surface area contributed by atoms with Gasteiger partial charge in [-0.15, -0.1) is 21.9 Å². The highest BCUT2D eigenvalue weighted by atomic mass is 31.2. The Balaban J connectivity index is 0.000000237. The second kappa shape index (κ2) is 22.0. The molecule has 0 spiro atoms. The third-order valence-electron chi connectivity index (χ3n) is 12.3. The van der Waals surface area contributed by atoms with Crippen molar-refractivity contribution in [3.05, 3.63) is 243 Å². The van der Waals surface area contributed by atoms with E-state index in [-0.39, 0.29) is 5.97 Å². The van der Waals surface area contributed by atoms with Crippen molar-refractivity contribution in [2.24, 2.45) is 0 Å². The molecule has 0 N–H and O–H groups in total. The molecule has 2 nitrogen and oxygen atoms in total. The van der Waals surface area contributed by atoms with Gasteiger partial charge in [-0.3, -0.25) is 0 Å². The molecule has 0 aromatic heterocycles. The van der Waals surface area contributed by atoms with Crippen LogP contribution in [-0.4, -0.2) is 17.7 Å². The number of benzene rings is 8. The maximum absolute atomic E-state index is 15.4. The van der Waals surface area contributed by atoms with E-state index in [9.17, 15) is 57.5 Å². The molecule has 0 unspecified atom stereocenters. The molecule has 0 amide bonds. The summed E-state index contributed by atoms with van der Waals surface area (Å²) in [5.74, 6) is -71.7. The van der Waals surface area contributed by atoms with E-state index in [0.29, 0.717) is 5.56 Å². The van der Waals surface area contributed by atoms with Gasteiger partial charge < -0.3 is 4.74 Å². The van der Waals surface area contributed by atoms with Crippen LogP contribution in [0.5, 0.6) is 0 Å². The lowest BCUT2D eigenvalue weighted by Crippen LogP contribution is -2.81. The standard InChI is InChI=1S/C30H30O2P.C24BF20/c1-30(2,3)32-29(31)25-21-19-24(20-22-25)23-33(26-13-7-4-8-14-26,27-15-9-5-10-16-27)28-17-11-6-12-18-28;26-5-1(6(27)14(35)21(42)13(5)34)25(2-7(28)15(36)22(43)16(37)8(2)29,3-9(30)17(38)23(44)18(39)10(3)31)4-11(32)19(40)24(45)20(41)12(4)33/h4-22H,23H2,1-3H3;/q+1;-1. The first-order valence-electron chi connectivity index (χ1n) is 22.2. The van der Waals surface area contributed by atoms with Crippen molar-refractivity contribution in [1.82, 2.24) is 0 Å². The van der Waals surface area contributed by atoms with Gasteiger partial charge in [0.25, 0.3) is 0 Å². The lowest BCUT2D eigenvalue weighted by atomic mass is 9.12. The summed E-state index contributed by atoms with van der Waals surface area (Å²) in [7, 11) is -1.96. The van der Waals surface area contributed by atoms with Crippen LogP contribution in [0.2, 0.25) is 0 Å². The maximum atomic E-state index is 15.4. The average Bonchev–Trinajstić information content (AvgIpc) is 3.50. The summed E-state index contributed by atoms with van der Waals surface area (Å²) in [5, 5.41) is 4.04. The van der Waals surface area contributed by atoms with Gasteiger partial charge in [0.2, 0.25) is 0 Å². The van der Waals surface area contributed by atoms with Crippen molar-refractivity contribution < 1.29 is 97.3 Å². The van der Waals surface area contributed by atoms with Crippen molar-refractivity contribution in [1.29, 1.82) is 0 Å². The van der Waals surface area contributed by atoms with Crippen molar-refractivity contribution in [2.75, 3.05) is 0 Å². The predicted molar refractivity (Wildman–Crippen MR) is 250 cm³/mol. The molecule has 8 aromatic carbocycles. The Kier molecular flexibility index (Phi) is 16.4. The maximum Gasteiger partial charge on any atom is 0.338 e. The average molecular weight is 1130 g/mol. The number of carbonyl (C=O) groups excluding carboxylic acids is 1. The molecule has 24 heteroatoms. The Morgan fingerprint density at radius 3 is 0.782 bits per heavy atom. The van der Waals surface area contributed by atoms with Crippen LogP contribution in [0.25, 0.3) is 0 Å². The summed E-state index contributed by atoms with van der Waals surface area (Å²) in [4.78, 5) is 12.5. The van der Waals surface area contributed by atoms with Crippen molar-refractivity contribution in [3.63, 3.8) is 0 Å². The van der Waals surface area contributed by atoms with E-state index >= 15 is 35.1 Å². The van der Waals surface area contributed by atoms with E-state index in [2.05, 4.69) is 103 Å². The third kappa shape index (κ3) is 9.74. The summed E-state index contributed by atoms with van der Waals surface area (Å²) < 4.78 is 299. The molecule has 0 radical (unpaired) electrons. The molecule has 0 saturated heterocycles. The molecule has 0 saturated carbocycles. The zero-order valence-electron chi connectivity index (χ0n) is 39.6.